The number of halogens is 5. The third-order valence-corrected chi connectivity index (χ3v) is 9.84. The zero-order chi connectivity index (χ0) is 32.2. The number of amides is 1. The van der Waals surface area contributed by atoms with Gasteiger partial charge in [-0.2, -0.15) is 30.8 Å². The number of rotatable bonds is 6. The minimum atomic E-state index is -5.68. The highest BCUT2D eigenvalue weighted by Crippen LogP contribution is 2.41. The molecule has 2 aromatic carbocycles. The molecule has 2 heterocycles. The lowest BCUT2D eigenvalue weighted by Crippen LogP contribution is -2.36. The van der Waals surface area contributed by atoms with Crippen molar-refractivity contribution in [1.82, 2.24) is 14.1 Å². The largest absolute Gasteiger partial charge is 0.518 e. The van der Waals surface area contributed by atoms with Gasteiger partial charge in [0.2, 0.25) is 5.91 Å². The Morgan fingerprint density at radius 2 is 1.68 bits per heavy atom. The molecule has 0 spiro atoms. The number of aromatic nitrogens is 2. The molecule has 2 atom stereocenters. The first-order valence-corrected chi connectivity index (χ1v) is 16.2. The van der Waals surface area contributed by atoms with E-state index in [0.717, 1.165) is 17.3 Å². The first kappa shape index (κ1) is 32.3. The zero-order valence-electron chi connectivity index (χ0n) is 24.1. The molecule has 5 rings (SSSR count). The van der Waals surface area contributed by atoms with Crippen LogP contribution in [0.4, 0.5) is 13.2 Å². The third kappa shape index (κ3) is 6.21. The van der Waals surface area contributed by atoms with Crippen molar-refractivity contribution in [1.29, 1.82) is 0 Å². The minimum Gasteiger partial charge on any atom is -0.456 e. The van der Waals surface area contributed by atoms with Crippen LogP contribution in [-0.2, 0) is 32.4 Å². The lowest BCUT2D eigenvalue weighted by atomic mass is 9.91. The summed E-state index contributed by atoms with van der Waals surface area (Å²) in [7, 11) is -5.68. The molecule has 0 radical (unpaired) electrons. The highest BCUT2D eigenvalue weighted by Gasteiger charge is 2.50. The van der Waals surface area contributed by atoms with Gasteiger partial charge in [0, 0.05) is 28.1 Å². The van der Waals surface area contributed by atoms with Crippen LogP contribution in [0.15, 0.2) is 42.6 Å². The predicted octanol–water partition coefficient (Wildman–Crippen LogP) is 6.98. The number of carbonyl (C=O) groups excluding carboxylic acids is 2. The molecule has 1 fully saturated rings. The van der Waals surface area contributed by atoms with E-state index in [-0.39, 0.29) is 28.5 Å². The van der Waals surface area contributed by atoms with Gasteiger partial charge < -0.3 is 9.64 Å². The fourth-order valence-corrected chi connectivity index (χ4v) is 7.24. The molecule has 8 nitrogen and oxygen atoms in total. The Hall–Kier alpha value is -3.09. The molecule has 14 heteroatoms. The lowest BCUT2D eigenvalue weighted by Gasteiger charge is -2.31. The van der Waals surface area contributed by atoms with E-state index in [2.05, 4.69) is 5.10 Å². The molecule has 1 aromatic heterocycles. The fraction of sp³-hybridized carbons (Fsp3) is 0.433. The first-order valence-electron chi connectivity index (χ1n) is 14.0. The molecule has 44 heavy (non-hydrogen) atoms. The summed E-state index contributed by atoms with van der Waals surface area (Å²) in [5, 5.41) is 4.30. The van der Waals surface area contributed by atoms with Crippen molar-refractivity contribution in [2.24, 2.45) is 5.92 Å². The van der Waals surface area contributed by atoms with E-state index in [1.807, 2.05) is 0 Å². The van der Waals surface area contributed by atoms with E-state index in [0.29, 0.717) is 52.5 Å². The van der Waals surface area contributed by atoms with Gasteiger partial charge in [0.25, 0.3) is 0 Å². The molecule has 1 unspecified atom stereocenters. The topological polar surface area (TPSA) is 98.6 Å². The van der Waals surface area contributed by atoms with Gasteiger partial charge in [0.1, 0.15) is 5.60 Å². The predicted molar refractivity (Wildman–Crippen MR) is 159 cm³/mol. The summed E-state index contributed by atoms with van der Waals surface area (Å²) in [6.45, 7) is 5.72. The molecule has 2 aliphatic rings. The van der Waals surface area contributed by atoms with E-state index in [9.17, 15) is 31.2 Å². The Morgan fingerprint density at radius 1 is 1.05 bits per heavy atom. The average Bonchev–Trinajstić information content (AvgIpc) is 3.53. The van der Waals surface area contributed by atoms with Crippen molar-refractivity contribution in [2.75, 3.05) is 6.54 Å². The van der Waals surface area contributed by atoms with Crippen LogP contribution in [0.25, 0.3) is 11.1 Å². The Kier molecular flexibility index (Phi) is 8.58. The molecule has 0 N–H and O–H groups in total. The molecule has 1 aliphatic heterocycles. The van der Waals surface area contributed by atoms with Gasteiger partial charge in [0.15, 0.2) is 0 Å². The van der Waals surface area contributed by atoms with E-state index in [1.165, 1.54) is 0 Å². The number of esters is 1. The third-order valence-electron chi connectivity index (χ3n) is 7.81. The van der Waals surface area contributed by atoms with Crippen molar-refractivity contribution < 1.29 is 35.9 Å². The molecule has 1 amide bonds. The maximum absolute atomic E-state index is 13.5. The van der Waals surface area contributed by atoms with Crippen LogP contribution in [0.2, 0.25) is 10.0 Å². The summed E-state index contributed by atoms with van der Waals surface area (Å²) in [5.41, 5.74) is -3.35. The van der Waals surface area contributed by atoms with E-state index >= 15 is 0 Å². The normalized spacial score (nSPS) is 19.3. The van der Waals surface area contributed by atoms with Gasteiger partial charge in [-0.1, -0.05) is 35.3 Å². The number of fused-ring (bicyclic) bond motifs is 1. The average molecular weight is 673 g/mol. The second-order valence-corrected chi connectivity index (χ2v) is 14.5. The van der Waals surface area contributed by atoms with Gasteiger partial charge >= 0.3 is 21.5 Å². The number of benzene rings is 2. The van der Waals surface area contributed by atoms with Crippen LogP contribution in [0.3, 0.4) is 0 Å². The number of nitrogens with zero attached hydrogens (tertiary/aromatic N) is 3. The van der Waals surface area contributed by atoms with Crippen LogP contribution in [0.5, 0.6) is 0 Å². The fourth-order valence-electron chi connectivity index (χ4n) is 5.74. The van der Waals surface area contributed by atoms with Crippen molar-refractivity contribution in [3.05, 3.63) is 75.0 Å². The minimum absolute atomic E-state index is 0.0457. The lowest BCUT2D eigenvalue weighted by molar-refractivity contribution is -0.133. The highest BCUT2D eigenvalue weighted by atomic mass is 35.5. The summed E-state index contributed by atoms with van der Waals surface area (Å²) in [6, 6.07) is 9.75. The number of likely N-dealkylation sites (tertiary alicyclic amines) is 1. The van der Waals surface area contributed by atoms with Crippen LogP contribution in [-0.4, -0.2) is 52.0 Å². The molecule has 3 aromatic rings. The molecule has 1 aliphatic carbocycles. The van der Waals surface area contributed by atoms with E-state index in [1.54, 1.807) is 62.1 Å². The molecular weight excluding hydrogens is 642 g/mol. The summed E-state index contributed by atoms with van der Waals surface area (Å²) in [6.07, 6.45) is 2.84. The Morgan fingerprint density at radius 3 is 2.27 bits per heavy atom. The Labute approximate surface area is 263 Å². The molecule has 1 saturated heterocycles. The SMILES string of the molecule is CC(C)(C)OC(=O)c1ccc(-c2cc(Cl)c(C[C@@H]3CCN(C4CCCc5c4cnn5S(=O)(=O)C(F)(F)F)C3=O)c(Cl)c2)cc1. The van der Waals surface area contributed by atoms with Gasteiger partial charge in [0.05, 0.1) is 23.5 Å². The van der Waals surface area contributed by atoms with E-state index < -0.39 is 39.1 Å². The number of hydrogen-bond donors (Lipinski definition) is 0. The monoisotopic (exact) mass is 671 g/mol. The standard InChI is InChI=1S/C30H30Cl2F3N3O5S/c1-29(2,3)43-28(40)18-9-7-17(8-10-18)20-14-23(31)21(24(32)15-20)13-19-11-12-37(27(19)39)25-5-4-6-26-22(25)16-36-38(26)44(41,42)30(33,34)35/h7-10,14-16,19,25H,4-6,11-13H2,1-3H3/t19-,25?/m0/s1. The highest BCUT2D eigenvalue weighted by molar-refractivity contribution is 7.90. The summed E-state index contributed by atoms with van der Waals surface area (Å²) >= 11 is 13.3. The van der Waals surface area contributed by atoms with Gasteiger partial charge in [-0.25, -0.2) is 4.79 Å². The first-order chi connectivity index (χ1) is 20.5. The van der Waals surface area contributed by atoms with Crippen LogP contribution in [0.1, 0.15) is 73.3 Å². The molecule has 0 bridgehead atoms. The second-order valence-electron chi connectivity index (χ2n) is 12.0. The van der Waals surface area contributed by atoms with Crippen LogP contribution < -0.4 is 0 Å². The Balaban J connectivity index is 1.31. The Bertz CT molecular complexity index is 1690. The summed E-state index contributed by atoms with van der Waals surface area (Å²) in [4.78, 5) is 27.5. The number of ether oxygens (including phenoxy) is 1. The van der Waals surface area contributed by atoms with Gasteiger partial charge in [-0.15, -0.1) is 0 Å². The number of hydrogen-bond acceptors (Lipinski definition) is 6. The maximum Gasteiger partial charge on any atom is 0.518 e. The van der Waals surface area contributed by atoms with Crippen LogP contribution >= 0.6 is 23.2 Å². The summed E-state index contributed by atoms with van der Waals surface area (Å²) in [5.74, 6) is -1.11. The van der Waals surface area contributed by atoms with Crippen LogP contribution in [0, 0.1) is 5.92 Å². The quantitative estimate of drug-likeness (QED) is 0.262. The van der Waals surface area contributed by atoms with Gasteiger partial charge in [-0.3, -0.25) is 4.79 Å². The maximum atomic E-state index is 13.5. The smallest absolute Gasteiger partial charge is 0.456 e. The second kappa shape index (κ2) is 11.7. The molecule has 236 valence electrons. The van der Waals surface area contributed by atoms with Gasteiger partial charge in [-0.05, 0) is 93.8 Å². The van der Waals surface area contributed by atoms with Crippen molar-refractivity contribution >= 4 is 45.1 Å². The number of alkyl halides is 3. The van der Waals surface area contributed by atoms with Crippen molar-refractivity contribution in [3.8, 4) is 11.1 Å². The van der Waals surface area contributed by atoms with E-state index in [4.69, 9.17) is 27.9 Å². The number of carbonyl (C=O) groups is 2. The molecular formula is C30H30Cl2F3N3O5S. The zero-order valence-corrected chi connectivity index (χ0v) is 26.4. The molecule has 0 saturated carbocycles. The van der Waals surface area contributed by atoms with Crippen molar-refractivity contribution in [2.45, 2.75) is 70.0 Å². The van der Waals surface area contributed by atoms with Crippen molar-refractivity contribution in [3.63, 3.8) is 0 Å². The summed E-state index contributed by atoms with van der Waals surface area (Å²) < 4.78 is 69.2.